The molecule has 0 radical (unpaired) electrons. The van der Waals surface area contributed by atoms with Crippen molar-refractivity contribution < 1.29 is 13.2 Å². The van der Waals surface area contributed by atoms with Crippen molar-refractivity contribution in [2.45, 2.75) is 23.7 Å². The minimum absolute atomic E-state index is 0.320. The van der Waals surface area contributed by atoms with Crippen LogP contribution in [0.4, 0.5) is 0 Å². The van der Waals surface area contributed by atoms with Crippen LogP contribution in [-0.2, 0) is 10.0 Å². The van der Waals surface area contributed by atoms with Crippen molar-refractivity contribution in [3.8, 4) is 5.75 Å². The number of nitrogens with zero attached hydrogens (tertiary/aromatic N) is 2. The molecule has 1 aliphatic heterocycles. The summed E-state index contributed by atoms with van der Waals surface area (Å²) in [5.74, 6) is 1.03. The fraction of sp³-hybridized carbons (Fsp3) is 0.400. The largest absolute Gasteiger partial charge is 0.497 e. The molecule has 118 valence electrons. The standard InChI is InChI=1S/C15H18N2O3S2/c1-20-13-2-4-14(5-3-13)22(18,19)17-9-6-12(7-10-17)15-16-8-11-21-15/h2-5,8,11-12H,6-7,9-10H2,1H3. The lowest BCUT2D eigenvalue weighted by Gasteiger charge is -2.30. The number of benzene rings is 1. The van der Waals surface area contributed by atoms with Crippen molar-refractivity contribution in [2.24, 2.45) is 0 Å². The monoisotopic (exact) mass is 338 g/mol. The number of piperidine rings is 1. The summed E-state index contributed by atoms with van der Waals surface area (Å²) in [4.78, 5) is 4.66. The van der Waals surface area contributed by atoms with Gasteiger partial charge in [-0.25, -0.2) is 13.4 Å². The molecule has 0 amide bonds. The van der Waals surface area contributed by atoms with E-state index in [0.29, 0.717) is 29.7 Å². The summed E-state index contributed by atoms with van der Waals surface area (Å²) in [7, 11) is -1.86. The highest BCUT2D eigenvalue weighted by Gasteiger charge is 2.30. The molecule has 0 N–H and O–H groups in total. The van der Waals surface area contributed by atoms with Gasteiger partial charge < -0.3 is 4.74 Å². The first-order valence-electron chi connectivity index (χ1n) is 7.15. The van der Waals surface area contributed by atoms with E-state index in [2.05, 4.69) is 4.98 Å². The molecule has 0 bridgehead atoms. The number of methoxy groups -OCH3 is 1. The zero-order valence-corrected chi connectivity index (χ0v) is 13.9. The van der Waals surface area contributed by atoms with Crippen molar-refractivity contribution in [3.05, 3.63) is 40.8 Å². The highest BCUT2D eigenvalue weighted by atomic mass is 32.2. The quantitative estimate of drug-likeness (QED) is 0.860. The second kappa shape index (κ2) is 6.36. The summed E-state index contributed by atoms with van der Waals surface area (Å²) < 4.78 is 31.9. The third kappa shape index (κ3) is 3.02. The molecular weight excluding hydrogens is 320 g/mol. The van der Waals surface area contributed by atoms with E-state index in [1.54, 1.807) is 53.2 Å². The highest BCUT2D eigenvalue weighted by molar-refractivity contribution is 7.89. The van der Waals surface area contributed by atoms with Crippen LogP contribution >= 0.6 is 11.3 Å². The minimum Gasteiger partial charge on any atom is -0.497 e. The van der Waals surface area contributed by atoms with Crippen LogP contribution in [0, 0.1) is 0 Å². The Morgan fingerprint density at radius 1 is 1.23 bits per heavy atom. The molecule has 1 aromatic carbocycles. The van der Waals surface area contributed by atoms with Crippen LogP contribution in [0.3, 0.4) is 0 Å². The Hall–Kier alpha value is -1.44. The Morgan fingerprint density at radius 3 is 2.45 bits per heavy atom. The number of thiazole rings is 1. The van der Waals surface area contributed by atoms with Gasteiger partial charge in [-0.3, -0.25) is 0 Å². The molecule has 0 aliphatic carbocycles. The fourth-order valence-electron chi connectivity index (χ4n) is 2.68. The van der Waals surface area contributed by atoms with E-state index >= 15 is 0 Å². The maximum Gasteiger partial charge on any atom is 0.243 e. The fourth-order valence-corrected chi connectivity index (χ4v) is 4.96. The van der Waals surface area contributed by atoms with E-state index in [9.17, 15) is 8.42 Å². The van der Waals surface area contributed by atoms with E-state index in [0.717, 1.165) is 17.8 Å². The molecule has 2 heterocycles. The number of ether oxygens (including phenoxy) is 1. The van der Waals surface area contributed by atoms with Gasteiger partial charge in [-0.1, -0.05) is 0 Å². The molecule has 0 spiro atoms. The van der Waals surface area contributed by atoms with Gasteiger partial charge in [0.1, 0.15) is 5.75 Å². The number of hydrogen-bond donors (Lipinski definition) is 0. The zero-order chi connectivity index (χ0) is 15.6. The van der Waals surface area contributed by atoms with Crippen molar-refractivity contribution in [1.29, 1.82) is 0 Å². The molecule has 1 fully saturated rings. The third-order valence-electron chi connectivity index (χ3n) is 3.95. The maximum atomic E-state index is 12.7. The molecule has 0 saturated carbocycles. The predicted molar refractivity (Wildman–Crippen MR) is 85.8 cm³/mol. The van der Waals surface area contributed by atoms with Crippen LogP contribution in [0.15, 0.2) is 40.7 Å². The second-order valence-electron chi connectivity index (χ2n) is 5.22. The average molecular weight is 338 g/mol. The van der Waals surface area contributed by atoms with Gasteiger partial charge in [-0.2, -0.15) is 4.31 Å². The van der Waals surface area contributed by atoms with Gasteiger partial charge in [0.05, 0.1) is 17.0 Å². The Bertz CT molecular complexity index is 704. The summed E-state index contributed by atoms with van der Waals surface area (Å²) in [6.45, 7) is 1.08. The van der Waals surface area contributed by atoms with Gasteiger partial charge in [-0.05, 0) is 37.1 Å². The molecule has 22 heavy (non-hydrogen) atoms. The SMILES string of the molecule is COc1ccc(S(=O)(=O)N2CCC(c3nccs3)CC2)cc1. The lowest BCUT2D eigenvalue weighted by Crippen LogP contribution is -2.37. The van der Waals surface area contributed by atoms with Crippen molar-refractivity contribution >= 4 is 21.4 Å². The lowest BCUT2D eigenvalue weighted by molar-refractivity contribution is 0.319. The maximum absolute atomic E-state index is 12.7. The number of rotatable bonds is 4. The molecule has 1 aliphatic rings. The Morgan fingerprint density at radius 2 is 1.91 bits per heavy atom. The van der Waals surface area contributed by atoms with E-state index in [1.165, 1.54) is 0 Å². The smallest absolute Gasteiger partial charge is 0.243 e. The summed E-state index contributed by atoms with van der Waals surface area (Å²) in [5.41, 5.74) is 0. The lowest BCUT2D eigenvalue weighted by atomic mass is 9.99. The van der Waals surface area contributed by atoms with Gasteiger partial charge in [0.2, 0.25) is 10.0 Å². The first-order valence-corrected chi connectivity index (χ1v) is 9.47. The molecule has 1 aromatic heterocycles. The molecule has 7 heteroatoms. The first-order chi connectivity index (χ1) is 10.6. The van der Waals surface area contributed by atoms with Crippen LogP contribution in [0.2, 0.25) is 0 Å². The first kappa shape index (κ1) is 15.5. The molecular formula is C15H18N2O3S2. The van der Waals surface area contributed by atoms with Gasteiger partial charge in [-0.15, -0.1) is 11.3 Å². The van der Waals surface area contributed by atoms with Crippen molar-refractivity contribution in [1.82, 2.24) is 9.29 Å². The summed E-state index contributed by atoms with van der Waals surface area (Å²) in [5, 5.41) is 3.08. The minimum atomic E-state index is -3.42. The van der Waals surface area contributed by atoms with Crippen LogP contribution in [0.25, 0.3) is 0 Å². The van der Waals surface area contributed by atoms with Crippen LogP contribution in [-0.4, -0.2) is 37.9 Å². The Balaban J connectivity index is 1.71. The molecule has 1 saturated heterocycles. The molecule has 0 unspecified atom stereocenters. The van der Waals surface area contributed by atoms with Crippen LogP contribution < -0.4 is 4.74 Å². The van der Waals surface area contributed by atoms with Crippen LogP contribution in [0.1, 0.15) is 23.8 Å². The van der Waals surface area contributed by atoms with Crippen molar-refractivity contribution in [3.63, 3.8) is 0 Å². The molecule has 3 rings (SSSR count). The number of hydrogen-bond acceptors (Lipinski definition) is 5. The van der Waals surface area contributed by atoms with E-state index in [1.807, 2.05) is 5.38 Å². The average Bonchev–Trinajstić information content (AvgIpc) is 3.09. The normalized spacial score (nSPS) is 17.5. The second-order valence-corrected chi connectivity index (χ2v) is 8.09. The number of aromatic nitrogens is 1. The predicted octanol–water partition coefficient (Wildman–Crippen LogP) is 2.72. The summed E-state index contributed by atoms with van der Waals surface area (Å²) >= 11 is 1.65. The Labute approximate surface area is 134 Å². The van der Waals surface area contributed by atoms with E-state index in [4.69, 9.17) is 4.74 Å². The number of sulfonamides is 1. The molecule has 2 aromatic rings. The van der Waals surface area contributed by atoms with Gasteiger partial charge in [0, 0.05) is 30.6 Å². The molecule has 5 nitrogen and oxygen atoms in total. The van der Waals surface area contributed by atoms with Gasteiger partial charge in [0.15, 0.2) is 0 Å². The van der Waals surface area contributed by atoms with Gasteiger partial charge in [0.25, 0.3) is 0 Å². The van der Waals surface area contributed by atoms with Crippen molar-refractivity contribution in [2.75, 3.05) is 20.2 Å². The summed E-state index contributed by atoms with van der Waals surface area (Å²) in [6, 6.07) is 6.55. The third-order valence-corrected chi connectivity index (χ3v) is 6.80. The van der Waals surface area contributed by atoms with E-state index < -0.39 is 10.0 Å². The molecule has 0 atom stereocenters. The zero-order valence-electron chi connectivity index (χ0n) is 12.3. The van der Waals surface area contributed by atoms with Gasteiger partial charge >= 0.3 is 0 Å². The van der Waals surface area contributed by atoms with Crippen LogP contribution in [0.5, 0.6) is 5.75 Å². The van der Waals surface area contributed by atoms with E-state index in [-0.39, 0.29) is 0 Å². The summed E-state index contributed by atoms with van der Waals surface area (Å²) in [6.07, 6.45) is 3.45. The topological polar surface area (TPSA) is 59.5 Å². The highest BCUT2D eigenvalue weighted by Crippen LogP contribution is 2.31. The Kier molecular flexibility index (Phi) is 4.46.